The molecule has 0 radical (unpaired) electrons. The third kappa shape index (κ3) is 2.28. The van der Waals surface area contributed by atoms with E-state index in [0.29, 0.717) is 0 Å². The topological polar surface area (TPSA) is 24.9 Å². The van der Waals surface area contributed by atoms with Crippen molar-refractivity contribution in [1.29, 1.82) is 0 Å². The van der Waals surface area contributed by atoms with Gasteiger partial charge in [-0.15, -0.1) is 0 Å². The predicted octanol–water partition coefficient (Wildman–Crippen LogP) is 1.89. The summed E-state index contributed by atoms with van der Waals surface area (Å²) in [5, 5.41) is 3.51. The molecule has 2 unspecified atom stereocenters. The number of hydrogen-bond donors (Lipinski definition) is 1. The first-order valence-electron chi connectivity index (χ1n) is 4.89. The molecule has 1 aliphatic carbocycles. The molecule has 0 aromatic carbocycles. The van der Waals surface area contributed by atoms with Gasteiger partial charge in [-0.2, -0.15) is 0 Å². The average molecular weight is 176 g/mol. The molecule has 2 rings (SSSR count). The van der Waals surface area contributed by atoms with E-state index in [9.17, 15) is 0 Å². The summed E-state index contributed by atoms with van der Waals surface area (Å²) in [7, 11) is 0. The number of rotatable bonds is 3. The molecule has 2 atom stereocenters. The van der Waals surface area contributed by atoms with Crippen LogP contribution in [0.2, 0.25) is 0 Å². The molecule has 2 nitrogen and oxygen atoms in total. The zero-order chi connectivity index (χ0) is 9.26. The lowest BCUT2D eigenvalue weighted by atomic mass is 10.2. The van der Waals surface area contributed by atoms with E-state index < -0.39 is 0 Å². The zero-order valence-corrected chi connectivity index (χ0v) is 8.25. The minimum absolute atomic E-state index is 0.750. The summed E-state index contributed by atoms with van der Waals surface area (Å²) in [5.41, 5.74) is 2.53. The number of aryl methyl sites for hydroxylation is 1. The highest BCUT2D eigenvalue weighted by Gasteiger charge is 2.31. The number of nitrogens with one attached hydrogen (secondary N) is 1. The smallest absolute Gasteiger partial charge is 0.0313 e. The highest BCUT2D eigenvalue weighted by Crippen LogP contribution is 2.29. The average Bonchev–Trinajstić information content (AvgIpc) is 2.79. The first kappa shape index (κ1) is 8.70. The molecular weight excluding hydrogens is 160 g/mol. The lowest BCUT2D eigenvalue weighted by Crippen LogP contribution is -2.17. The van der Waals surface area contributed by atoms with E-state index in [1.807, 2.05) is 12.4 Å². The van der Waals surface area contributed by atoms with Crippen molar-refractivity contribution in [3.8, 4) is 0 Å². The molecule has 1 aliphatic rings. The van der Waals surface area contributed by atoms with Gasteiger partial charge in [0.2, 0.25) is 0 Å². The van der Waals surface area contributed by atoms with Gasteiger partial charge in [0.25, 0.3) is 0 Å². The summed E-state index contributed by atoms with van der Waals surface area (Å²) in [6.45, 7) is 5.33. The molecule has 0 amide bonds. The van der Waals surface area contributed by atoms with Crippen LogP contribution in [-0.4, -0.2) is 11.0 Å². The quantitative estimate of drug-likeness (QED) is 0.760. The normalized spacial score (nSPS) is 26.0. The van der Waals surface area contributed by atoms with E-state index in [1.54, 1.807) is 0 Å². The minimum Gasteiger partial charge on any atom is -0.310 e. The lowest BCUT2D eigenvalue weighted by Gasteiger charge is -2.03. The molecule has 70 valence electrons. The Hall–Kier alpha value is -0.890. The van der Waals surface area contributed by atoms with Gasteiger partial charge in [0.1, 0.15) is 0 Å². The largest absolute Gasteiger partial charge is 0.310 e. The van der Waals surface area contributed by atoms with E-state index in [2.05, 4.69) is 30.2 Å². The van der Waals surface area contributed by atoms with Gasteiger partial charge in [-0.05, 0) is 30.4 Å². The maximum absolute atomic E-state index is 4.16. The molecule has 1 N–H and O–H groups in total. The standard InChI is InChI=1S/C11H16N2/c1-8-3-10(6-12-5-8)7-13-11-4-9(11)2/h3,5-6,9,11,13H,4,7H2,1-2H3. The van der Waals surface area contributed by atoms with Crippen LogP contribution < -0.4 is 5.32 Å². The lowest BCUT2D eigenvalue weighted by molar-refractivity contribution is 0.651. The van der Waals surface area contributed by atoms with Gasteiger partial charge in [-0.25, -0.2) is 0 Å². The molecule has 0 spiro atoms. The van der Waals surface area contributed by atoms with Crippen molar-refractivity contribution in [2.24, 2.45) is 5.92 Å². The third-order valence-electron chi connectivity index (χ3n) is 2.61. The summed E-state index contributed by atoms with van der Waals surface area (Å²) in [5.74, 6) is 0.873. The maximum Gasteiger partial charge on any atom is 0.0313 e. The van der Waals surface area contributed by atoms with E-state index in [4.69, 9.17) is 0 Å². The van der Waals surface area contributed by atoms with Crippen molar-refractivity contribution in [2.45, 2.75) is 32.9 Å². The van der Waals surface area contributed by atoms with Crippen molar-refractivity contribution in [3.05, 3.63) is 29.6 Å². The van der Waals surface area contributed by atoms with Gasteiger partial charge < -0.3 is 5.32 Å². The van der Waals surface area contributed by atoms with Gasteiger partial charge in [-0.1, -0.05) is 13.0 Å². The summed E-state index contributed by atoms with van der Waals surface area (Å²) < 4.78 is 0. The van der Waals surface area contributed by atoms with Crippen molar-refractivity contribution >= 4 is 0 Å². The summed E-state index contributed by atoms with van der Waals surface area (Å²) in [6, 6.07) is 2.94. The van der Waals surface area contributed by atoms with Crippen molar-refractivity contribution in [3.63, 3.8) is 0 Å². The highest BCUT2D eigenvalue weighted by atomic mass is 15.0. The Kier molecular flexibility index (Phi) is 2.32. The van der Waals surface area contributed by atoms with Crippen LogP contribution in [0.15, 0.2) is 18.5 Å². The van der Waals surface area contributed by atoms with E-state index in [1.165, 1.54) is 17.5 Å². The fraction of sp³-hybridized carbons (Fsp3) is 0.545. The number of hydrogen-bond acceptors (Lipinski definition) is 2. The molecule has 1 heterocycles. The van der Waals surface area contributed by atoms with Crippen LogP contribution in [0.3, 0.4) is 0 Å². The molecule has 1 saturated carbocycles. The summed E-state index contributed by atoms with van der Waals surface area (Å²) in [4.78, 5) is 4.16. The predicted molar refractivity (Wildman–Crippen MR) is 53.4 cm³/mol. The first-order chi connectivity index (χ1) is 6.25. The number of nitrogens with zero attached hydrogens (tertiary/aromatic N) is 1. The third-order valence-corrected chi connectivity index (χ3v) is 2.61. The molecule has 2 heteroatoms. The van der Waals surface area contributed by atoms with Gasteiger partial charge >= 0.3 is 0 Å². The molecule has 13 heavy (non-hydrogen) atoms. The van der Waals surface area contributed by atoms with E-state index in [-0.39, 0.29) is 0 Å². The molecule has 0 saturated heterocycles. The fourth-order valence-electron chi connectivity index (χ4n) is 1.57. The van der Waals surface area contributed by atoms with Gasteiger partial charge in [-0.3, -0.25) is 4.98 Å². The molecule has 1 fully saturated rings. The Bertz CT molecular complexity index is 296. The molecule has 0 bridgehead atoms. The van der Waals surface area contributed by atoms with E-state index in [0.717, 1.165) is 18.5 Å². The zero-order valence-electron chi connectivity index (χ0n) is 8.25. The summed E-state index contributed by atoms with van der Waals surface area (Å²) >= 11 is 0. The van der Waals surface area contributed by atoms with Gasteiger partial charge in [0.05, 0.1) is 0 Å². The minimum atomic E-state index is 0.750. The Morgan fingerprint density at radius 3 is 2.92 bits per heavy atom. The van der Waals surface area contributed by atoms with Crippen molar-refractivity contribution < 1.29 is 0 Å². The SMILES string of the molecule is Cc1cncc(CNC2CC2C)c1. The molecule has 1 aromatic rings. The van der Waals surface area contributed by atoms with Gasteiger partial charge in [0, 0.05) is 25.0 Å². The molecule has 0 aliphatic heterocycles. The highest BCUT2D eigenvalue weighted by molar-refractivity contribution is 5.16. The number of pyridine rings is 1. The maximum atomic E-state index is 4.16. The van der Waals surface area contributed by atoms with Gasteiger partial charge in [0.15, 0.2) is 0 Å². The van der Waals surface area contributed by atoms with Crippen LogP contribution in [0.25, 0.3) is 0 Å². The van der Waals surface area contributed by atoms with Crippen LogP contribution >= 0.6 is 0 Å². The monoisotopic (exact) mass is 176 g/mol. The second-order valence-corrected chi connectivity index (χ2v) is 4.07. The Labute approximate surface area is 79.4 Å². The van der Waals surface area contributed by atoms with Crippen LogP contribution in [0.5, 0.6) is 0 Å². The van der Waals surface area contributed by atoms with Crippen LogP contribution in [-0.2, 0) is 6.54 Å². The van der Waals surface area contributed by atoms with Crippen LogP contribution in [0.4, 0.5) is 0 Å². The second-order valence-electron chi connectivity index (χ2n) is 4.07. The number of aromatic nitrogens is 1. The fourth-order valence-corrected chi connectivity index (χ4v) is 1.57. The second kappa shape index (κ2) is 3.46. The van der Waals surface area contributed by atoms with E-state index >= 15 is 0 Å². The van der Waals surface area contributed by atoms with Crippen LogP contribution in [0.1, 0.15) is 24.5 Å². The molecule has 1 aromatic heterocycles. The Morgan fingerprint density at radius 2 is 2.31 bits per heavy atom. The van der Waals surface area contributed by atoms with Crippen LogP contribution in [0, 0.1) is 12.8 Å². The first-order valence-corrected chi connectivity index (χ1v) is 4.89. The summed E-state index contributed by atoms with van der Waals surface area (Å²) in [6.07, 6.45) is 5.16. The Balaban J connectivity index is 1.87. The Morgan fingerprint density at radius 1 is 1.54 bits per heavy atom. The van der Waals surface area contributed by atoms with Crippen molar-refractivity contribution in [2.75, 3.05) is 0 Å². The van der Waals surface area contributed by atoms with Crippen molar-refractivity contribution in [1.82, 2.24) is 10.3 Å². The molecular formula is C11H16N2.